The van der Waals surface area contributed by atoms with Crippen LogP contribution in [0.3, 0.4) is 0 Å². The lowest BCUT2D eigenvalue weighted by Gasteiger charge is -2.42. The first-order valence-electron chi connectivity index (χ1n) is 10.3. The van der Waals surface area contributed by atoms with Gasteiger partial charge in [-0.15, -0.1) is 0 Å². The quantitative estimate of drug-likeness (QED) is 0.814. The van der Waals surface area contributed by atoms with Crippen molar-refractivity contribution in [3.05, 3.63) is 35.9 Å². The van der Waals surface area contributed by atoms with Crippen LogP contribution >= 0.6 is 0 Å². The fourth-order valence-corrected chi connectivity index (χ4v) is 5.97. The van der Waals surface area contributed by atoms with E-state index in [1.54, 1.807) is 0 Å². The number of carboxylic acid groups (broad SMARTS) is 1. The second-order valence-electron chi connectivity index (χ2n) is 9.34. The molecule has 2 bridgehead atoms. The number of aliphatic carboxylic acids is 1. The van der Waals surface area contributed by atoms with E-state index in [0.29, 0.717) is 26.0 Å². The van der Waals surface area contributed by atoms with Gasteiger partial charge in [-0.05, 0) is 43.1 Å². The molecule has 2 unspecified atom stereocenters. The summed E-state index contributed by atoms with van der Waals surface area (Å²) in [4.78, 5) is 24.6. The number of carbonyl (C=O) groups excluding carboxylic acids is 1. The van der Waals surface area contributed by atoms with Gasteiger partial charge in [-0.1, -0.05) is 43.2 Å². The van der Waals surface area contributed by atoms with Crippen LogP contribution in [-0.4, -0.2) is 41.8 Å². The van der Waals surface area contributed by atoms with Gasteiger partial charge in [0.2, 0.25) is 5.91 Å². The second-order valence-corrected chi connectivity index (χ2v) is 9.34. The van der Waals surface area contributed by atoms with Crippen molar-refractivity contribution >= 4 is 11.9 Å². The third-order valence-electron chi connectivity index (χ3n) is 7.42. The van der Waals surface area contributed by atoms with Gasteiger partial charge >= 0.3 is 5.97 Å². The molecule has 3 heterocycles. The Morgan fingerprint density at radius 1 is 1.14 bits per heavy atom. The van der Waals surface area contributed by atoms with E-state index in [4.69, 9.17) is 9.47 Å². The van der Waals surface area contributed by atoms with Gasteiger partial charge in [-0.3, -0.25) is 9.59 Å². The van der Waals surface area contributed by atoms with Gasteiger partial charge in [-0.2, -0.15) is 0 Å². The summed E-state index contributed by atoms with van der Waals surface area (Å²) >= 11 is 0. The maximum absolute atomic E-state index is 12.7. The molecule has 5 fully saturated rings. The SMILES string of the molecule is O=C(NCC12CC(C(=O)O)(C1)C(c1ccccc1)O2)C1CC2(CCCC2)CO1. The number of benzene rings is 1. The van der Waals surface area contributed by atoms with Crippen molar-refractivity contribution in [1.82, 2.24) is 5.32 Å². The fraction of sp³-hybridized carbons (Fsp3) is 0.636. The number of hydrogen-bond donors (Lipinski definition) is 2. The van der Waals surface area contributed by atoms with Crippen molar-refractivity contribution in [3.8, 4) is 0 Å². The summed E-state index contributed by atoms with van der Waals surface area (Å²) in [6.45, 7) is 1.03. The largest absolute Gasteiger partial charge is 0.481 e. The first-order valence-corrected chi connectivity index (χ1v) is 10.3. The molecule has 6 rings (SSSR count). The van der Waals surface area contributed by atoms with Crippen LogP contribution < -0.4 is 5.32 Å². The summed E-state index contributed by atoms with van der Waals surface area (Å²) in [7, 11) is 0. The Hall–Kier alpha value is -1.92. The summed E-state index contributed by atoms with van der Waals surface area (Å²) in [6.07, 6.45) is 5.60. The van der Waals surface area contributed by atoms with E-state index in [2.05, 4.69) is 5.32 Å². The third-order valence-corrected chi connectivity index (χ3v) is 7.42. The van der Waals surface area contributed by atoms with E-state index in [9.17, 15) is 14.7 Å². The zero-order valence-corrected chi connectivity index (χ0v) is 16.0. The molecule has 1 spiro atoms. The molecule has 0 aromatic heterocycles. The van der Waals surface area contributed by atoms with Crippen LogP contribution in [0, 0.1) is 10.8 Å². The summed E-state index contributed by atoms with van der Waals surface area (Å²) < 4.78 is 12.1. The molecular weight excluding hydrogens is 358 g/mol. The molecule has 3 saturated heterocycles. The lowest BCUT2D eigenvalue weighted by Crippen LogP contribution is -2.55. The number of rotatable bonds is 5. The average molecular weight is 385 g/mol. The van der Waals surface area contributed by atoms with Crippen LogP contribution in [0.1, 0.15) is 56.6 Å². The van der Waals surface area contributed by atoms with Crippen molar-refractivity contribution < 1.29 is 24.2 Å². The van der Waals surface area contributed by atoms with E-state index in [-0.39, 0.29) is 17.4 Å². The number of hydrogen-bond acceptors (Lipinski definition) is 4. The second kappa shape index (κ2) is 6.29. The maximum atomic E-state index is 12.7. The molecule has 2 aliphatic carbocycles. The van der Waals surface area contributed by atoms with Crippen LogP contribution in [0.4, 0.5) is 0 Å². The summed E-state index contributed by atoms with van der Waals surface area (Å²) in [5.41, 5.74) is -0.377. The Kier molecular flexibility index (Phi) is 4.07. The van der Waals surface area contributed by atoms with E-state index in [1.807, 2.05) is 30.3 Å². The smallest absolute Gasteiger partial charge is 0.312 e. The normalized spacial score (nSPS) is 37.7. The van der Waals surface area contributed by atoms with Crippen LogP contribution in [0.15, 0.2) is 30.3 Å². The molecular formula is C22H27NO5. The standard InChI is InChI=1S/C22H27NO5/c24-18(16-10-20(14-27-16)8-4-5-9-20)23-13-21-11-22(12-21,19(25)26)17(28-21)15-6-2-1-3-7-15/h1-3,6-7,16-17H,4-5,8-14H2,(H,23,24)(H,25,26). The predicted octanol–water partition coefficient (Wildman–Crippen LogP) is 2.83. The zero-order chi connectivity index (χ0) is 19.4. The number of amides is 1. The molecule has 1 aromatic rings. The number of ether oxygens (including phenoxy) is 2. The summed E-state index contributed by atoms with van der Waals surface area (Å²) in [5, 5.41) is 12.8. The molecule has 2 saturated carbocycles. The highest BCUT2D eigenvalue weighted by atomic mass is 16.5. The van der Waals surface area contributed by atoms with E-state index < -0.39 is 23.1 Å². The first kappa shape index (κ1) is 18.1. The van der Waals surface area contributed by atoms with Crippen LogP contribution in [-0.2, 0) is 19.1 Å². The molecule has 1 amide bonds. The topological polar surface area (TPSA) is 84.9 Å². The monoisotopic (exact) mass is 385 g/mol. The van der Waals surface area contributed by atoms with Gasteiger partial charge in [0.15, 0.2) is 0 Å². The van der Waals surface area contributed by atoms with Crippen LogP contribution in [0.5, 0.6) is 0 Å². The molecule has 6 nitrogen and oxygen atoms in total. The minimum absolute atomic E-state index is 0.0854. The molecule has 3 aliphatic heterocycles. The third kappa shape index (κ3) is 2.69. The predicted molar refractivity (Wildman–Crippen MR) is 101 cm³/mol. The average Bonchev–Trinajstić information content (AvgIpc) is 3.43. The van der Waals surface area contributed by atoms with Crippen molar-refractivity contribution in [1.29, 1.82) is 0 Å². The maximum Gasteiger partial charge on any atom is 0.312 e. The molecule has 1 aromatic carbocycles. The van der Waals surface area contributed by atoms with Gasteiger partial charge in [0.25, 0.3) is 0 Å². The van der Waals surface area contributed by atoms with Crippen molar-refractivity contribution in [3.63, 3.8) is 0 Å². The molecule has 2 atom stereocenters. The van der Waals surface area contributed by atoms with Gasteiger partial charge < -0.3 is 19.9 Å². The minimum atomic E-state index is -0.885. The molecule has 0 radical (unpaired) electrons. The number of nitrogens with one attached hydrogen (secondary N) is 1. The number of fused-ring (bicyclic) bond motifs is 1. The first-order chi connectivity index (χ1) is 13.5. The Labute approximate surface area is 164 Å². The number of carboxylic acids is 1. The highest BCUT2D eigenvalue weighted by Crippen LogP contribution is 2.67. The van der Waals surface area contributed by atoms with E-state index in [1.165, 1.54) is 12.8 Å². The van der Waals surface area contributed by atoms with Crippen molar-refractivity contribution in [2.75, 3.05) is 13.2 Å². The molecule has 6 heteroatoms. The van der Waals surface area contributed by atoms with Crippen molar-refractivity contribution in [2.45, 2.75) is 62.8 Å². The van der Waals surface area contributed by atoms with Crippen LogP contribution in [0.25, 0.3) is 0 Å². The van der Waals surface area contributed by atoms with Gasteiger partial charge in [-0.25, -0.2) is 0 Å². The van der Waals surface area contributed by atoms with Gasteiger partial charge in [0.05, 0.1) is 18.3 Å². The molecule has 150 valence electrons. The lowest BCUT2D eigenvalue weighted by atomic mass is 9.59. The van der Waals surface area contributed by atoms with Crippen molar-refractivity contribution in [2.24, 2.45) is 10.8 Å². The fourth-order valence-electron chi connectivity index (χ4n) is 5.97. The minimum Gasteiger partial charge on any atom is -0.481 e. The zero-order valence-electron chi connectivity index (χ0n) is 16.0. The Balaban J connectivity index is 1.23. The van der Waals surface area contributed by atoms with Gasteiger partial charge in [0, 0.05) is 6.54 Å². The van der Waals surface area contributed by atoms with Crippen LogP contribution in [0.2, 0.25) is 0 Å². The highest BCUT2D eigenvalue weighted by molar-refractivity contribution is 5.82. The Morgan fingerprint density at radius 2 is 1.86 bits per heavy atom. The molecule has 28 heavy (non-hydrogen) atoms. The molecule has 5 aliphatic rings. The summed E-state index contributed by atoms with van der Waals surface area (Å²) in [6, 6.07) is 9.53. The Bertz CT molecular complexity index is 779. The Morgan fingerprint density at radius 3 is 2.54 bits per heavy atom. The highest BCUT2D eigenvalue weighted by Gasteiger charge is 2.72. The number of carbonyl (C=O) groups is 2. The van der Waals surface area contributed by atoms with Gasteiger partial charge in [0.1, 0.15) is 11.5 Å². The summed E-state index contributed by atoms with van der Waals surface area (Å²) in [5.74, 6) is -0.902. The molecule has 2 N–H and O–H groups in total. The van der Waals surface area contributed by atoms with E-state index in [0.717, 1.165) is 24.8 Å². The lowest BCUT2D eigenvalue weighted by molar-refractivity contribution is -0.155. The van der Waals surface area contributed by atoms with E-state index >= 15 is 0 Å².